The largest absolute Gasteiger partial charge is 0.384 e. The van der Waals surface area contributed by atoms with Gasteiger partial charge in [-0.1, -0.05) is 36.4 Å². The summed E-state index contributed by atoms with van der Waals surface area (Å²) >= 11 is 0. The summed E-state index contributed by atoms with van der Waals surface area (Å²) in [6.07, 6.45) is 0. The molecule has 5 N–H and O–H groups in total. The van der Waals surface area contributed by atoms with E-state index in [0.717, 1.165) is 46.6 Å². The van der Waals surface area contributed by atoms with E-state index < -0.39 is 0 Å². The zero-order valence-corrected chi connectivity index (χ0v) is 16.2. The van der Waals surface area contributed by atoms with Gasteiger partial charge in [0.2, 0.25) is 0 Å². The van der Waals surface area contributed by atoms with E-state index in [2.05, 4.69) is 73.8 Å². The van der Waals surface area contributed by atoms with Crippen molar-refractivity contribution in [3.05, 3.63) is 77.6 Å². The minimum atomic E-state index is 0.473. The molecule has 6 heteroatoms. The van der Waals surface area contributed by atoms with Crippen LogP contribution in [0.5, 0.6) is 0 Å². The lowest BCUT2D eigenvalue weighted by molar-refractivity contribution is 0.694. The number of H-pyrrole nitrogens is 2. The molecule has 29 heavy (non-hydrogen) atoms. The molecule has 2 aromatic carbocycles. The molecule has 0 aliphatic heterocycles. The van der Waals surface area contributed by atoms with Crippen molar-refractivity contribution in [1.29, 1.82) is 0 Å². The molecule has 0 radical (unpaired) electrons. The Bertz CT molecular complexity index is 1300. The molecule has 0 saturated carbocycles. The van der Waals surface area contributed by atoms with Crippen LogP contribution in [0.15, 0.2) is 60.7 Å². The molecule has 3 aromatic heterocycles. The number of aromatic amines is 2. The maximum atomic E-state index is 6.01. The highest BCUT2D eigenvalue weighted by Gasteiger charge is 2.13. The van der Waals surface area contributed by atoms with Crippen molar-refractivity contribution in [2.45, 2.75) is 20.0 Å². The van der Waals surface area contributed by atoms with E-state index in [1.54, 1.807) is 0 Å². The number of aromatic nitrogens is 4. The summed E-state index contributed by atoms with van der Waals surface area (Å²) < 4.78 is 0. The fourth-order valence-electron chi connectivity index (χ4n) is 3.71. The highest BCUT2D eigenvalue weighted by atomic mass is 15.0. The second kappa shape index (κ2) is 7.07. The van der Waals surface area contributed by atoms with Gasteiger partial charge in [-0.3, -0.25) is 0 Å². The molecule has 0 bridgehead atoms. The minimum absolute atomic E-state index is 0.473. The molecule has 0 spiro atoms. The zero-order chi connectivity index (χ0) is 19.8. The van der Waals surface area contributed by atoms with Gasteiger partial charge >= 0.3 is 0 Å². The summed E-state index contributed by atoms with van der Waals surface area (Å²) in [6, 6.07) is 20.9. The van der Waals surface area contributed by atoms with Gasteiger partial charge < -0.3 is 21.0 Å². The number of nitrogens with two attached hydrogens (primary N) is 1. The van der Waals surface area contributed by atoms with Gasteiger partial charge in [0.1, 0.15) is 17.2 Å². The maximum Gasteiger partial charge on any atom is 0.160 e. The Hall–Kier alpha value is -3.64. The smallest absolute Gasteiger partial charge is 0.160 e. The number of nitrogens with zero attached hydrogens (tertiary/aromatic N) is 2. The van der Waals surface area contributed by atoms with Crippen molar-refractivity contribution in [3.63, 3.8) is 0 Å². The lowest BCUT2D eigenvalue weighted by Crippen LogP contribution is -2.12. The molecule has 144 valence electrons. The summed E-state index contributed by atoms with van der Waals surface area (Å²) in [5.74, 6) is 1.29. The molecule has 0 unspecified atom stereocenters. The third-order valence-electron chi connectivity index (χ3n) is 5.07. The van der Waals surface area contributed by atoms with Crippen molar-refractivity contribution >= 4 is 27.9 Å². The van der Waals surface area contributed by atoms with Gasteiger partial charge in [-0.15, -0.1) is 0 Å². The van der Waals surface area contributed by atoms with E-state index >= 15 is 0 Å². The van der Waals surface area contributed by atoms with E-state index in [0.29, 0.717) is 11.5 Å². The van der Waals surface area contributed by atoms with Gasteiger partial charge in [0.05, 0.1) is 0 Å². The number of benzene rings is 2. The van der Waals surface area contributed by atoms with Crippen molar-refractivity contribution in [2.75, 3.05) is 5.73 Å². The Balaban J connectivity index is 1.43. The van der Waals surface area contributed by atoms with Gasteiger partial charge in [-0.25, -0.2) is 9.97 Å². The van der Waals surface area contributed by atoms with Crippen LogP contribution >= 0.6 is 0 Å². The molecule has 0 atom stereocenters. The molecule has 0 saturated heterocycles. The first-order valence-corrected chi connectivity index (χ1v) is 9.65. The molecule has 0 aliphatic rings. The van der Waals surface area contributed by atoms with E-state index in [4.69, 9.17) is 5.73 Å². The fraction of sp³-hybridized carbons (Fsp3) is 0.130. The van der Waals surface area contributed by atoms with Gasteiger partial charge in [0, 0.05) is 35.2 Å². The monoisotopic (exact) mass is 382 g/mol. The van der Waals surface area contributed by atoms with Crippen molar-refractivity contribution in [1.82, 2.24) is 25.3 Å². The highest BCUT2D eigenvalue weighted by molar-refractivity contribution is 5.95. The average Bonchev–Trinajstić information content (AvgIpc) is 3.30. The molecule has 0 fully saturated rings. The quantitative estimate of drug-likeness (QED) is 0.365. The zero-order valence-electron chi connectivity index (χ0n) is 16.2. The van der Waals surface area contributed by atoms with E-state index in [1.807, 2.05) is 19.1 Å². The third kappa shape index (κ3) is 3.46. The Morgan fingerprint density at radius 2 is 1.72 bits per heavy atom. The van der Waals surface area contributed by atoms with Crippen molar-refractivity contribution in [2.24, 2.45) is 0 Å². The Kier molecular flexibility index (Phi) is 4.26. The van der Waals surface area contributed by atoms with Crippen molar-refractivity contribution in [3.8, 4) is 11.3 Å². The number of rotatable bonds is 5. The second-order valence-electron chi connectivity index (χ2n) is 7.31. The number of aryl methyl sites for hydroxylation is 1. The van der Waals surface area contributed by atoms with E-state index in [9.17, 15) is 0 Å². The normalized spacial score (nSPS) is 11.5. The molecule has 0 amide bonds. The lowest BCUT2D eigenvalue weighted by atomic mass is 10.1. The number of hydrogen-bond acceptors (Lipinski definition) is 4. The third-order valence-corrected chi connectivity index (χ3v) is 5.07. The van der Waals surface area contributed by atoms with Gasteiger partial charge in [-0.05, 0) is 42.3 Å². The van der Waals surface area contributed by atoms with Crippen LogP contribution in [0.3, 0.4) is 0 Å². The first-order chi connectivity index (χ1) is 14.2. The van der Waals surface area contributed by atoms with Gasteiger partial charge in [0.25, 0.3) is 0 Å². The predicted octanol–water partition coefficient (Wildman–Crippen LogP) is 4.29. The average molecular weight is 382 g/mol. The molecule has 3 heterocycles. The first kappa shape index (κ1) is 17.5. The number of nitrogens with one attached hydrogen (secondary N) is 3. The van der Waals surface area contributed by atoms with Crippen LogP contribution in [-0.2, 0) is 13.1 Å². The SMILES string of the molecule is Cc1nc2c(-c3cc4cc(CNCc5ccccc5)ccc4[nH]3)cc(N)nc2[nH]1. The van der Waals surface area contributed by atoms with Crippen LogP contribution in [0.2, 0.25) is 0 Å². The minimum Gasteiger partial charge on any atom is -0.384 e. The number of fused-ring (bicyclic) bond motifs is 2. The maximum absolute atomic E-state index is 6.01. The van der Waals surface area contributed by atoms with Crippen LogP contribution in [0.25, 0.3) is 33.3 Å². The topological polar surface area (TPSA) is 95.4 Å². The Morgan fingerprint density at radius 1 is 0.897 bits per heavy atom. The highest BCUT2D eigenvalue weighted by Crippen LogP contribution is 2.30. The van der Waals surface area contributed by atoms with Crippen LogP contribution in [0.4, 0.5) is 5.82 Å². The molecular weight excluding hydrogens is 360 g/mol. The lowest BCUT2D eigenvalue weighted by Gasteiger charge is -2.05. The van der Waals surface area contributed by atoms with Crippen LogP contribution in [0.1, 0.15) is 17.0 Å². The molecule has 5 rings (SSSR count). The standard InChI is InChI=1S/C23H22N6/c1-14-26-22-18(11-21(24)29-23(22)27-14)20-10-17-9-16(7-8-19(17)28-20)13-25-12-15-5-3-2-4-6-15/h2-11,25,28H,12-13H2,1H3,(H3,24,26,27,29). The molecule has 6 nitrogen and oxygen atoms in total. The summed E-state index contributed by atoms with van der Waals surface area (Å²) in [5, 5.41) is 4.67. The number of nitrogen functional groups attached to an aromatic ring is 1. The predicted molar refractivity (Wildman–Crippen MR) is 117 cm³/mol. The van der Waals surface area contributed by atoms with Crippen LogP contribution < -0.4 is 11.1 Å². The Morgan fingerprint density at radius 3 is 2.59 bits per heavy atom. The fourth-order valence-corrected chi connectivity index (χ4v) is 3.71. The number of anilines is 1. The number of hydrogen-bond donors (Lipinski definition) is 4. The molecular formula is C23H22N6. The number of pyridine rings is 1. The summed E-state index contributed by atoms with van der Waals surface area (Å²) in [6.45, 7) is 3.59. The number of imidazole rings is 1. The van der Waals surface area contributed by atoms with E-state index in [1.165, 1.54) is 11.1 Å². The molecule has 0 aliphatic carbocycles. The summed E-state index contributed by atoms with van der Waals surface area (Å²) in [5.41, 5.74) is 13.1. The van der Waals surface area contributed by atoms with Gasteiger partial charge in [0.15, 0.2) is 5.65 Å². The summed E-state index contributed by atoms with van der Waals surface area (Å²) in [4.78, 5) is 15.6. The second-order valence-corrected chi connectivity index (χ2v) is 7.31. The van der Waals surface area contributed by atoms with Crippen LogP contribution in [0, 0.1) is 6.92 Å². The Labute approximate surface area is 168 Å². The first-order valence-electron chi connectivity index (χ1n) is 9.65. The van der Waals surface area contributed by atoms with Crippen molar-refractivity contribution < 1.29 is 0 Å². The molecule has 5 aromatic rings. The summed E-state index contributed by atoms with van der Waals surface area (Å²) in [7, 11) is 0. The van der Waals surface area contributed by atoms with Gasteiger partial charge in [-0.2, -0.15) is 0 Å². The van der Waals surface area contributed by atoms with E-state index in [-0.39, 0.29) is 0 Å². The van der Waals surface area contributed by atoms with Crippen LogP contribution in [-0.4, -0.2) is 19.9 Å².